The van der Waals surface area contributed by atoms with E-state index in [2.05, 4.69) is 15.3 Å². The number of hydrogen-bond acceptors (Lipinski definition) is 4. The Balaban J connectivity index is 1.95. The zero-order valence-electron chi connectivity index (χ0n) is 6.03. The van der Waals surface area contributed by atoms with E-state index >= 15 is 0 Å². The molecule has 1 aliphatic rings. The van der Waals surface area contributed by atoms with Crippen LogP contribution in [0.1, 0.15) is 0 Å². The van der Waals surface area contributed by atoms with Gasteiger partial charge in [-0.25, -0.2) is 4.98 Å². The monoisotopic (exact) mass is 151 g/mol. The van der Waals surface area contributed by atoms with Gasteiger partial charge in [-0.2, -0.15) is 0 Å². The first-order chi connectivity index (χ1) is 5.45. The first-order valence-corrected chi connectivity index (χ1v) is 3.55. The van der Waals surface area contributed by atoms with Gasteiger partial charge in [0.25, 0.3) is 0 Å². The molecule has 1 saturated heterocycles. The summed E-state index contributed by atoms with van der Waals surface area (Å²) in [4.78, 5) is 8.00. The quantitative estimate of drug-likeness (QED) is 0.659. The van der Waals surface area contributed by atoms with Crippen LogP contribution in [0.15, 0.2) is 18.6 Å². The van der Waals surface area contributed by atoms with Gasteiger partial charge in [-0.15, -0.1) is 0 Å². The third-order valence-corrected chi connectivity index (χ3v) is 1.55. The minimum absolute atomic E-state index is 0.423. The molecule has 0 aliphatic carbocycles. The molecular weight excluding hydrogens is 142 g/mol. The normalized spacial score (nSPS) is 17.5. The minimum Gasteiger partial charge on any atom is -0.377 e. The van der Waals surface area contributed by atoms with Gasteiger partial charge < -0.3 is 10.1 Å². The summed E-state index contributed by atoms with van der Waals surface area (Å²) in [7, 11) is 0. The number of ether oxygens (including phenoxy) is 1. The molecule has 0 amide bonds. The summed E-state index contributed by atoms with van der Waals surface area (Å²) >= 11 is 0. The standard InChI is InChI=1S/C7H9N3O/c1-2-9-7(3-8-1)10-6-4-11-5-6/h1-3,6H,4-5H2,(H,9,10). The lowest BCUT2D eigenvalue weighted by Gasteiger charge is -2.26. The molecule has 1 aromatic rings. The maximum absolute atomic E-state index is 5.00. The maximum atomic E-state index is 5.00. The van der Waals surface area contributed by atoms with E-state index in [1.165, 1.54) is 0 Å². The van der Waals surface area contributed by atoms with Crippen LogP contribution in [0.4, 0.5) is 5.82 Å². The van der Waals surface area contributed by atoms with Gasteiger partial charge in [0, 0.05) is 12.4 Å². The van der Waals surface area contributed by atoms with E-state index in [1.807, 2.05) is 0 Å². The van der Waals surface area contributed by atoms with E-state index in [1.54, 1.807) is 18.6 Å². The van der Waals surface area contributed by atoms with Gasteiger partial charge >= 0.3 is 0 Å². The Morgan fingerprint density at radius 1 is 1.45 bits per heavy atom. The molecule has 0 bridgehead atoms. The minimum atomic E-state index is 0.423. The molecule has 0 saturated carbocycles. The molecule has 0 unspecified atom stereocenters. The second-order valence-corrected chi connectivity index (χ2v) is 2.47. The van der Waals surface area contributed by atoms with Gasteiger partial charge in [-0.1, -0.05) is 0 Å². The average Bonchev–Trinajstić information content (AvgIpc) is 1.99. The van der Waals surface area contributed by atoms with Gasteiger partial charge in [0.2, 0.25) is 0 Å². The number of nitrogens with zero attached hydrogens (tertiary/aromatic N) is 2. The van der Waals surface area contributed by atoms with Crippen LogP contribution in [0.25, 0.3) is 0 Å². The summed E-state index contributed by atoms with van der Waals surface area (Å²) in [5, 5.41) is 3.18. The molecule has 0 spiro atoms. The Labute approximate surface area is 64.6 Å². The molecule has 1 fully saturated rings. The highest BCUT2D eigenvalue weighted by Crippen LogP contribution is 2.07. The van der Waals surface area contributed by atoms with Crippen molar-refractivity contribution in [3.05, 3.63) is 18.6 Å². The van der Waals surface area contributed by atoms with Crippen LogP contribution < -0.4 is 5.32 Å². The van der Waals surface area contributed by atoms with Crippen molar-refractivity contribution in [1.29, 1.82) is 0 Å². The summed E-state index contributed by atoms with van der Waals surface area (Å²) in [5.41, 5.74) is 0. The van der Waals surface area contributed by atoms with E-state index in [9.17, 15) is 0 Å². The molecule has 1 aromatic heterocycles. The highest BCUT2D eigenvalue weighted by molar-refractivity contribution is 5.31. The summed E-state index contributed by atoms with van der Waals surface area (Å²) < 4.78 is 5.00. The highest BCUT2D eigenvalue weighted by Gasteiger charge is 2.17. The first kappa shape index (κ1) is 6.54. The Bertz CT molecular complexity index is 222. The molecule has 4 nitrogen and oxygen atoms in total. The molecule has 58 valence electrons. The topological polar surface area (TPSA) is 47.0 Å². The number of aromatic nitrogens is 2. The molecule has 2 heterocycles. The average molecular weight is 151 g/mol. The van der Waals surface area contributed by atoms with Crippen molar-refractivity contribution in [2.45, 2.75) is 6.04 Å². The number of anilines is 1. The van der Waals surface area contributed by atoms with Crippen molar-refractivity contribution in [3.8, 4) is 0 Å². The van der Waals surface area contributed by atoms with Crippen LogP contribution in [0.3, 0.4) is 0 Å². The largest absolute Gasteiger partial charge is 0.377 e. The van der Waals surface area contributed by atoms with E-state index in [0.717, 1.165) is 19.0 Å². The van der Waals surface area contributed by atoms with Crippen molar-refractivity contribution in [1.82, 2.24) is 9.97 Å². The molecule has 1 aliphatic heterocycles. The second-order valence-electron chi connectivity index (χ2n) is 2.47. The van der Waals surface area contributed by atoms with Gasteiger partial charge in [0.15, 0.2) is 0 Å². The van der Waals surface area contributed by atoms with Crippen molar-refractivity contribution < 1.29 is 4.74 Å². The van der Waals surface area contributed by atoms with Crippen LogP contribution in [0.2, 0.25) is 0 Å². The smallest absolute Gasteiger partial charge is 0.144 e. The Morgan fingerprint density at radius 2 is 2.36 bits per heavy atom. The van der Waals surface area contributed by atoms with Crippen LogP contribution in [0, 0.1) is 0 Å². The third kappa shape index (κ3) is 1.46. The summed E-state index contributed by atoms with van der Waals surface area (Å²) in [6, 6.07) is 0.423. The molecule has 11 heavy (non-hydrogen) atoms. The zero-order valence-corrected chi connectivity index (χ0v) is 6.03. The summed E-state index contributed by atoms with van der Waals surface area (Å²) in [5.74, 6) is 0.820. The maximum Gasteiger partial charge on any atom is 0.144 e. The van der Waals surface area contributed by atoms with E-state index in [4.69, 9.17) is 4.74 Å². The van der Waals surface area contributed by atoms with Crippen LogP contribution in [0.5, 0.6) is 0 Å². The Kier molecular flexibility index (Phi) is 1.69. The highest BCUT2D eigenvalue weighted by atomic mass is 16.5. The van der Waals surface area contributed by atoms with Gasteiger partial charge in [0.1, 0.15) is 5.82 Å². The van der Waals surface area contributed by atoms with Crippen molar-refractivity contribution in [2.75, 3.05) is 18.5 Å². The first-order valence-electron chi connectivity index (χ1n) is 3.55. The molecule has 0 radical (unpaired) electrons. The van der Waals surface area contributed by atoms with Crippen molar-refractivity contribution in [3.63, 3.8) is 0 Å². The number of hydrogen-bond donors (Lipinski definition) is 1. The fraction of sp³-hybridized carbons (Fsp3) is 0.429. The predicted molar refractivity (Wildman–Crippen MR) is 40.3 cm³/mol. The predicted octanol–water partition coefficient (Wildman–Crippen LogP) is 0.287. The molecule has 4 heteroatoms. The van der Waals surface area contributed by atoms with E-state index in [-0.39, 0.29) is 0 Å². The lowest BCUT2D eigenvalue weighted by atomic mass is 10.2. The second kappa shape index (κ2) is 2.84. The third-order valence-electron chi connectivity index (χ3n) is 1.55. The fourth-order valence-electron chi connectivity index (χ4n) is 0.902. The van der Waals surface area contributed by atoms with Gasteiger partial charge in [-0.3, -0.25) is 4.98 Å². The molecule has 1 N–H and O–H groups in total. The Hall–Kier alpha value is -1.16. The molecule has 2 rings (SSSR count). The lowest BCUT2D eigenvalue weighted by Crippen LogP contribution is -2.40. The SMILES string of the molecule is c1cnc(NC2COC2)cn1. The van der Waals surface area contributed by atoms with Crippen molar-refractivity contribution >= 4 is 5.82 Å². The zero-order chi connectivity index (χ0) is 7.52. The summed E-state index contributed by atoms with van der Waals surface area (Å²) in [6.07, 6.45) is 5.03. The summed E-state index contributed by atoms with van der Waals surface area (Å²) in [6.45, 7) is 1.55. The van der Waals surface area contributed by atoms with Crippen LogP contribution >= 0.6 is 0 Å². The van der Waals surface area contributed by atoms with Crippen LogP contribution in [-0.4, -0.2) is 29.2 Å². The number of rotatable bonds is 2. The fourth-order valence-corrected chi connectivity index (χ4v) is 0.902. The van der Waals surface area contributed by atoms with Gasteiger partial charge in [-0.05, 0) is 0 Å². The van der Waals surface area contributed by atoms with E-state index < -0.39 is 0 Å². The molecular formula is C7H9N3O. The van der Waals surface area contributed by atoms with Gasteiger partial charge in [0.05, 0.1) is 25.5 Å². The number of nitrogens with one attached hydrogen (secondary N) is 1. The lowest BCUT2D eigenvalue weighted by molar-refractivity contribution is 0.0209. The molecule has 0 atom stereocenters. The van der Waals surface area contributed by atoms with Crippen LogP contribution in [-0.2, 0) is 4.74 Å². The molecule has 0 aromatic carbocycles. The van der Waals surface area contributed by atoms with E-state index in [0.29, 0.717) is 6.04 Å². The van der Waals surface area contributed by atoms with Crippen molar-refractivity contribution in [2.24, 2.45) is 0 Å². The Morgan fingerprint density at radius 3 is 2.91 bits per heavy atom.